The van der Waals surface area contributed by atoms with Crippen molar-refractivity contribution in [2.75, 3.05) is 0 Å². The van der Waals surface area contributed by atoms with E-state index in [0.29, 0.717) is 0 Å². The van der Waals surface area contributed by atoms with Crippen molar-refractivity contribution < 1.29 is 63.6 Å². The van der Waals surface area contributed by atoms with Crippen LogP contribution in [-0.4, -0.2) is 126 Å². The van der Waals surface area contributed by atoms with Crippen LogP contribution in [-0.2, 0) is 24.0 Å². The maximum Gasteiger partial charge on any atom is 2.00 e. The van der Waals surface area contributed by atoms with Crippen molar-refractivity contribution in [1.82, 2.24) is 0 Å². The van der Waals surface area contributed by atoms with Crippen LogP contribution < -0.4 is 0 Å². The summed E-state index contributed by atoms with van der Waals surface area (Å²) >= 11 is 0. The van der Waals surface area contributed by atoms with E-state index in [1.54, 1.807) is 0 Å². The smallest absolute Gasteiger partial charge is 1.00 e. The molecule has 13 heteroatoms. The molecule has 13 heavy (non-hydrogen) atoms. The summed E-state index contributed by atoms with van der Waals surface area (Å²) in [6.45, 7) is 0. The number of rotatable bonds is 0. The first-order chi connectivity index (χ1) is 4.00. The van der Waals surface area contributed by atoms with Gasteiger partial charge in [-0.05, 0) is 0 Å². The van der Waals surface area contributed by atoms with E-state index in [-0.39, 0.29) is 108 Å². The van der Waals surface area contributed by atoms with Gasteiger partial charge in [-0.25, -0.2) is 4.57 Å². The second-order valence-corrected chi connectivity index (χ2v) is 3.34. The van der Waals surface area contributed by atoms with Crippen molar-refractivity contribution in [3.63, 3.8) is 0 Å². The van der Waals surface area contributed by atoms with E-state index in [2.05, 4.69) is 0 Å². The third kappa shape index (κ3) is 228. The van der Waals surface area contributed by atoms with Crippen molar-refractivity contribution in [2.24, 2.45) is 0 Å². The summed E-state index contributed by atoms with van der Waals surface area (Å²) in [6, 6.07) is 0. The third-order valence-corrected chi connectivity index (χ3v) is 0. The third-order valence-electron chi connectivity index (χ3n) is 0. The molecule has 0 aromatic carbocycles. The standard InChI is InChI=1S/Ca.H3O4P.H4O4Si.Sr.Zn.4H/c;2*1-5(2,3)4;;;;;;/h;(H3,1,2,3,4);1-4H;;;;;;/q+2;;;+2;;4*-1. The minimum atomic E-state index is -4.64. The number of hydrogen-bond donors (Lipinski definition) is 7. The Bertz CT molecular complexity index is 130. The van der Waals surface area contributed by atoms with Gasteiger partial charge in [-0.15, -0.1) is 0 Å². The Balaban J connectivity index is -0.00000000762. The fourth-order valence-corrected chi connectivity index (χ4v) is 0. The average molecular weight is 391 g/mol. The summed E-state index contributed by atoms with van der Waals surface area (Å²) in [4.78, 5) is 50.9. The molecule has 0 atom stereocenters. The average Bonchev–Trinajstić information content (AvgIpc) is 1.12. The molecule has 0 unspecified atom stereocenters. The van der Waals surface area contributed by atoms with Gasteiger partial charge in [0.1, 0.15) is 0 Å². The van der Waals surface area contributed by atoms with E-state index in [4.69, 9.17) is 38.4 Å². The predicted molar refractivity (Wildman–Crippen MR) is 44.8 cm³/mol. The molecule has 0 aliphatic carbocycles. The van der Waals surface area contributed by atoms with Crippen LogP contribution in [0.4, 0.5) is 0 Å². The Hall–Kier alpha value is 3.53. The zero-order valence-electron chi connectivity index (χ0n) is 10.6. The molecule has 0 aromatic rings. The quantitative estimate of drug-likeness (QED) is 0.163. The van der Waals surface area contributed by atoms with Crippen molar-refractivity contribution in [3.05, 3.63) is 0 Å². The molecule has 0 spiro atoms. The van der Waals surface area contributed by atoms with E-state index in [0.717, 1.165) is 0 Å². The van der Waals surface area contributed by atoms with Gasteiger partial charge in [-0.2, -0.15) is 0 Å². The van der Waals surface area contributed by atoms with Crippen LogP contribution in [0, 0.1) is 0 Å². The van der Waals surface area contributed by atoms with Gasteiger partial charge in [0.25, 0.3) is 0 Å². The second kappa shape index (κ2) is 13.6. The summed E-state index contributed by atoms with van der Waals surface area (Å²) in [5, 5.41) is 0. The molecule has 0 fully saturated rings. The van der Waals surface area contributed by atoms with Crippen LogP contribution in [0.15, 0.2) is 0 Å². The molecule has 0 aliphatic rings. The maximum atomic E-state index is 8.88. The summed E-state index contributed by atoms with van der Waals surface area (Å²) in [5.41, 5.74) is 0. The monoisotopic (exact) mass is 390 g/mol. The Kier molecular flexibility index (Phi) is 31.4. The molecule has 8 nitrogen and oxygen atoms in total. The first kappa shape index (κ1) is 30.0. The second-order valence-electron chi connectivity index (χ2n) is 1.11. The van der Waals surface area contributed by atoms with E-state index in [9.17, 15) is 0 Å². The van der Waals surface area contributed by atoms with E-state index >= 15 is 0 Å². The van der Waals surface area contributed by atoms with Crippen molar-refractivity contribution in [3.8, 4) is 0 Å². The molecule has 74 valence electrons. The molecule has 0 amide bonds. The molecular weight excluding hydrogens is 380 g/mol. The van der Waals surface area contributed by atoms with E-state index in [1.807, 2.05) is 0 Å². The predicted octanol–water partition coefficient (Wildman–Crippen LogP) is -3.85. The molecule has 0 heterocycles. The van der Waals surface area contributed by atoms with E-state index < -0.39 is 16.9 Å². The van der Waals surface area contributed by atoms with Crippen LogP contribution in [0.25, 0.3) is 0 Å². The summed E-state index contributed by atoms with van der Waals surface area (Å²) in [7, 11) is -9.25. The van der Waals surface area contributed by atoms with Crippen molar-refractivity contribution >= 4 is 100 Å². The van der Waals surface area contributed by atoms with Crippen LogP contribution in [0.3, 0.4) is 0 Å². The summed E-state index contributed by atoms with van der Waals surface area (Å²) < 4.78 is 8.88. The zero-order valence-corrected chi connectivity index (χ0v) is 17.2. The number of phosphoric acid groups is 1. The fraction of sp³-hybridized carbons (Fsp3) is 0. The molecule has 0 saturated carbocycles. The minimum absolute atomic E-state index is 0. The minimum Gasteiger partial charge on any atom is -1.00 e. The molecular formula is H11CaO8PSiSrZn. The van der Waals surface area contributed by atoms with Gasteiger partial charge < -0.3 is 39.6 Å². The Morgan fingerprint density at radius 2 is 1.00 bits per heavy atom. The maximum absolute atomic E-state index is 8.88. The molecule has 0 aliphatic heterocycles. The molecule has 0 aromatic heterocycles. The first-order valence-electron chi connectivity index (χ1n) is 1.68. The molecule has 0 rings (SSSR count). The molecule has 0 saturated heterocycles. The van der Waals surface area contributed by atoms with Gasteiger partial charge in [0, 0.05) is 19.5 Å². The number of hydrogen-bond acceptors (Lipinski definition) is 5. The Morgan fingerprint density at radius 1 is 1.00 bits per heavy atom. The van der Waals surface area contributed by atoms with Gasteiger partial charge in [0.2, 0.25) is 0 Å². The zero-order chi connectivity index (χ0) is 9.00. The normalized spacial score (nSPS) is 9.15. The van der Waals surface area contributed by atoms with Gasteiger partial charge >= 0.3 is 100 Å². The van der Waals surface area contributed by atoms with Crippen LogP contribution in [0.5, 0.6) is 0 Å². The van der Waals surface area contributed by atoms with Gasteiger partial charge in [-0.3, -0.25) is 0 Å². The van der Waals surface area contributed by atoms with Crippen molar-refractivity contribution in [2.45, 2.75) is 0 Å². The van der Waals surface area contributed by atoms with Crippen molar-refractivity contribution in [1.29, 1.82) is 0 Å². The van der Waals surface area contributed by atoms with Crippen LogP contribution >= 0.6 is 7.82 Å². The fourth-order valence-electron chi connectivity index (χ4n) is 0. The Labute approximate surface area is 161 Å². The van der Waals surface area contributed by atoms with Gasteiger partial charge in [0.05, 0.1) is 0 Å². The van der Waals surface area contributed by atoms with Gasteiger partial charge in [0.15, 0.2) is 0 Å². The van der Waals surface area contributed by atoms with Crippen LogP contribution in [0.1, 0.15) is 5.71 Å². The largest absolute Gasteiger partial charge is 2.00 e. The SMILES string of the molecule is O=P(O)(O)O.O[Si](O)(O)O.[Ca+2].[H-].[H-].[H-].[H-].[Sr+2].[Zn]. The summed E-state index contributed by atoms with van der Waals surface area (Å²) in [6.07, 6.45) is 0. The van der Waals surface area contributed by atoms with Crippen LogP contribution in [0.2, 0.25) is 0 Å². The topological polar surface area (TPSA) is 159 Å². The molecule has 0 bridgehead atoms. The molecule has 0 radical (unpaired) electrons. The first-order valence-corrected chi connectivity index (χ1v) is 5.03. The summed E-state index contributed by atoms with van der Waals surface area (Å²) in [5.74, 6) is 0. The Morgan fingerprint density at radius 3 is 1.00 bits per heavy atom. The van der Waals surface area contributed by atoms with Gasteiger partial charge in [-0.1, -0.05) is 0 Å². The van der Waals surface area contributed by atoms with E-state index in [1.165, 1.54) is 0 Å². The molecule has 7 N–H and O–H groups in total.